The van der Waals surface area contributed by atoms with Gasteiger partial charge in [-0.25, -0.2) is 0 Å². The summed E-state index contributed by atoms with van der Waals surface area (Å²) in [6, 6.07) is 9.05. The van der Waals surface area contributed by atoms with Gasteiger partial charge in [-0.05, 0) is 37.1 Å². The smallest absolute Gasteiger partial charge is 0.241 e. The van der Waals surface area contributed by atoms with Gasteiger partial charge < -0.3 is 15.3 Å². The maximum atomic E-state index is 12.1. The molecule has 1 aromatic rings. The Labute approximate surface area is 125 Å². The monoisotopic (exact) mass is 287 g/mol. The Bertz CT molecular complexity index is 521. The molecule has 0 bridgehead atoms. The Kier molecular flexibility index (Phi) is 5.18. The van der Waals surface area contributed by atoms with E-state index in [1.807, 2.05) is 0 Å². The number of nitrogens with one attached hydrogen (secondary N) is 1. The van der Waals surface area contributed by atoms with E-state index in [4.69, 9.17) is 5.26 Å². The van der Waals surface area contributed by atoms with Crippen molar-refractivity contribution in [1.29, 1.82) is 5.26 Å². The lowest BCUT2D eigenvalue weighted by molar-refractivity contribution is -0.128. The van der Waals surface area contributed by atoms with Crippen molar-refractivity contribution >= 4 is 11.6 Å². The number of hydrogen-bond acceptors (Lipinski definition) is 4. The van der Waals surface area contributed by atoms with Crippen LogP contribution >= 0.6 is 0 Å². The minimum Gasteiger partial charge on any atom is -0.393 e. The third-order valence-corrected chi connectivity index (χ3v) is 4.01. The molecule has 1 fully saturated rings. The number of carbonyl (C=O) groups excluding carboxylic acids is 1. The molecule has 2 N–H and O–H groups in total. The fourth-order valence-corrected chi connectivity index (χ4v) is 2.66. The molecule has 1 aliphatic carbocycles. The molecule has 112 valence electrons. The number of amides is 1. The van der Waals surface area contributed by atoms with Crippen molar-refractivity contribution in [3.05, 3.63) is 29.8 Å². The second-order valence-corrected chi connectivity index (χ2v) is 5.58. The highest BCUT2D eigenvalue weighted by Gasteiger charge is 2.27. The normalized spacial score (nSPS) is 20.8. The molecule has 1 aliphatic rings. The second kappa shape index (κ2) is 7.09. The Morgan fingerprint density at radius 1 is 1.43 bits per heavy atom. The average molecular weight is 287 g/mol. The molecule has 5 nitrogen and oxygen atoms in total. The highest BCUT2D eigenvalue weighted by Crippen LogP contribution is 2.25. The van der Waals surface area contributed by atoms with Crippen LogP contribution in [-0.4, -0.2) is 42.2 Å². The lowest BCUT2D eigenvalue weighted by atomic mass is 10.1. The first-order valence-corrected chi connectivity index (χ1v) is 7.26. The van der Waals surface area contributed by atoms with E-state index in [-0.39, 0.29) is 24.5 Å². The summed E-state index contributed by atoms with van der Waals surface area (Å²) >= 11 is 0. The van der Waals surface area contributed by atoms with Gasteiger partial charge in [-0.2, -0.15) is 5.26 Å². The van der Waals surface area contributed by atoms with Crippen LogP contribution in [0, 0.1) is 17.2 Å². The van der Waals surface area contributed by atoms with Crippen molar-refractivity contribution < 1.29 is 9.90 Å². The predicted molar refractivity (Wildman–Crippen MR) is 80.6 cm³/mol. The molecular formula is C16H21N3O2. The number of hydrogen-bond donors (Lipinski definition) is 2. The largest absolute Gasteiger partial charge is 0.393 e. The zero-order valence-electron chi connectivity index (χ0n) is 12.2. The van der Waals surface area contributed by atoms with Crippen LogP contribution in [-0.2, 0) is 4.79 Å². The lowest BCUT2D eigenvalue weighted by Crippen LogP contribution is -2.37. The number of aliphatic hydroxyl groups excluding tert-OH is 1. The number of rotatable bonds is 5. The van der Waals surface area contributed by atoms with Crippen LogP contribution in [0.3, 0.4) is 0 Å². The molecule has 2 atom stereocenters. The predicted octanol–water partition coefficient (Wildman–Crippen LogP) is 1.59. The van der Waals surface area contributed by atoms with Gasteiger partial charge in [-0.1, -0.05) is 6.42 Å². The molecule has 0 radical (unpaired) electrons. The molecule has 0 spiro atoms. The summed E-state index contributed by atoms with van der Waals surface area (Å²) in [5.74, 6) is 0.201. The van der Waals surface area contributed by atoms with Gasteiger partial charge in [-0.3, -0.25) is 4.79 Å². The van der Waals surface area contributed by atoms with Crippen molar-refractivity contribution in [2.24, 2.45) is 5.92 Å². The maximum absolute atomic E-state index is 12.1. The Balaban J connectivity index is 1.79. The van der Waals surface area contributed by atoms with Crippen LogP contribution in [0.15, 0.2) is 24.3 Å². The molecule has 0 heterocycles. The number of likely N-dealkylation sites (N-methyl/N-ethyl adjacent to an activating group) is 1. The summed E-state index contributed by atoms with van der Waals surface area (Å²) in [4.78, 5) is 13.7. The van der Waals surface area contributed by atoms with E-state index in [1.54, 1.807) is 36.2 Å². The topological polar surface area (TPSA) is 76.4 Å². The molecule has 0 aliphatic heterocycles. The Morgan fingerprint density at radius 2 is 2.14 bits per heavy atom. The van der Waals surface area contributed by atoms with Gasteiger partial charge in [0.15, 0.2) is 0 Å². The van der Waals surface area contributed by atoms with Gasteiger partial charge in [-0.15, -0.1) is 0 Å². The number of anilines is 1. The zero-order chi connectivity index (χ0) is 15.2. The van der Waals surface area contributed by atoms with E-state index >= 15 is 0 Å². The van der Waals surface area contributed by atoms with E-state index in [2.05, 4.69) is 11.4 Å². The van der Waals surface area contributed by atoms with Crippen LogP contribution in [0.2, 0.25) is 0 Å². The molecular weight excluding hydrogens is 266 g/mol. The molecule has 0 saturated heterocycles. The zero-order valence-corrected chi connectivity index (χ0v) is 12.2. The number of benzene rings is 1. The third kappa shape index (κ3) is 4.20. The van der Waals surface area contributed by atoms with Gasteiger partial charge >= 0.3 is 0 Å². The number of aliphatic hydroxyl groups is 1. The average Bonchev–Trinajstić information content (AvgIpc) is 2.90. The number of carbonyl (C=O) groups is 1. The number of nitriles is 1. The number of nitrogens with zero attached hydrogens (tertiary/aromatic N) is 2. The van der Waals surface area contributed by atoms with Crippen molar-refractivity contribution in [3.63, 3.8) is 0 Å². The third-order valence-electron chi connectivity index (χ3n) is 4.01. The fourth-order valence-electron chi connectivity index (χ4n) is 2.66. The molecule has 1 aromatic carbocycles. The standard InChI is InChI=1S/C16H21N3O2/c1-19(11-13-3-2-4-15(13)20)16(21)10-18-14-7-5-12(9-17)6-8-14/h5-8,13,15,18,20H,2-4,10-11H2,1H3. The summed E-state index contributed by atoms with van der Waals surface area (Å²) in [6.45, 7) is 0.820. The first kappa shape index (κ1) is 15.3. The minimum atomic E-state index is -0.272. The van der Waals surface area contributed by atoms with Crippen molar-refractivity contribution in [2.45, 2.75) is 25.4 Å². The van der Waals surface area contributed by atoms with E-state index < -0.39 is 0 Å². The highest BCUT2D eigenvalue weighted by molar-refractivity contribution is 5.80. The van der Waals surface area contributed by atoms with Crippen LogP contribution in [0.1, 0.15) is 24.8 Å². The Morgan fingerprint density at radius 3 is 2.71 bits per heavy atom. The summed E-state index contributed by atoms with van der Waals surface area (Å²) in [5, 5.41) is 21.6. The van der Waals surface area contributed by atoms with Crippen LogP contribution in [0.5, 0.6) is 0 Å². The first-order valence-electron chi connectivity index (χ1n) is 7.26. The van der Waals surface area contributed by atoms with E-state index in [0.29, 0.717) is 12.1 Å². The van der Waals surface area contributed by atoms with Gasteiger partial charge in [0.1, 0.15) is 0 Å². The summed E-state index contributed by atoms with van der Waals surface area (Å²) < 4.78 is 0. The van der Waals surface area contributed by atoms with Gasteiger partial charge in [0.2, 0.25) is 5.91 Å². The maximum Gasteiger partial charge on any atom is 0.241 e. The lowest BCUT2D eigenvalue weighted by Gasteiger charge is -2.23. The molecule has 0 aromatic heterocycles. The molecule has 5 heteroatoms. The Hall–Kier alpha value is -2.06. The fraction of sp³-hybridized carbons (Fsp3) is 0.500. The molecule has 21 heavy (non-hydrogen) atoms. The summed E-state index contributed by atoms with van der Waals surface area (Å²) in [5.41, 5.74) is 1.41. The van der Waals surface area contributed by atoms with Crippen molar-refractivity contribution in [1.82, 2.24) is 4.90 Å². The van der Waals surface area contributed by atoms with E-state index in [1.165, 1.54) is 0 Å². The van der Waals surface area contributed by atoms with Crippen molar-refractivity contribution in [2.75, 3.05) is 25.5 Å². The molecule has 1 saturated carbocycles. The SMILES string of the molecule is CN(CC1CCCC1O)C(=O)CNc1ccc(C#N)cc1. The van der Waals surface area contributed by atoms with Crippen LogP contribution in [0.25, 0.3) is 0 Å². The van der Waals surface area contributed by atoms with Gasteiger partial charge in [0.25, 0.3) is 0 Å². The van der Waals surface area contributed by atoms with Gasteiger partial charge in [0, 0.05) is 25.2 Å². The van der Waals surface area contributed by atoms with E-state index in [0.717, 1.165) is 24.9 Å². The quantitative estimate of drug-likeness (QED) is 0.862. The van der Waals surface area contributed by atoms with Crippen LogP contribution < -0.4 is 5.32 Å². The van der Waals surface area contributed by atoms with Gasteiger partial charge in [0.05, 0.1) is 24.3 Å². The minimum absolute atomic E-state index is 0.00143. The highest BCUT2D eigenvalue weighted by atomic mass is 16.3. The molecule has 2 rings (SSSR count). The molecule has 2 unspecified atom stereocenters. The summed E-state index contributed by atoms with van der Waals surface area (Å²) in [6.07, 6.45) is 2.60. The van der Waals surface area contributed by atoms with Crippen LogP contribution in [0.4, 0.5) is 5.69 Å². The summed E-state index contributed by atoms with van der Waals surface area (Å²) in [7, 11) is 1.77. The van der Waals surface area contributed by atoms with E-state index in [9.17, 15) is 9.90 Å². The van der Waals surface area contributed by atoms with Crippen molar-refractivity contribution in [3.8, 4) is 6.07 Å². The second-order valence-electron chi connectivity index (χ2n) is 5.58. The first-order chi connectivity index (χ1) is 10.1. The molecule has 1 amide bonds.